The normalized spacial score (nSPS) is 12.4. The minimum Gasteiger partial charge on any atom is -0.476 e. The van der Waals surface area contributed by atoms with Gasteiger partial charge < -0.3 is 20.2 Å². The van der Waals surface area contributed by atoms with Gasteiger partial charge in [-0.1, -0.05) is 13.8 Å². The van der Waals surface area contributed by atoms with Crippen LogP contribution in [0.15, 0.2) is 28.7 Å². The smallest absolute Gasteiger partial charge is 0.239 e. The summed E-state index contributed by atoms with van der Waals surface area (Å²) >= 11 is 0. The number of hydrogen-bond donors (Lipinski definition) is 2. The predicted octanol–water partition coefficient (Wildman–Crippen LogP) is 3.77. The van der Waals surface area contributed by atoms with Crippen molar-refractivity contribution in [3.05, 3.63) is 35.8 Å². The van der Waals surface area contributed by atoms with Gasteiger partial charge in [0, 0.05) is 0 Å². The summed E-state index contributed by atoms with van der Waals surface area (Å²) in [4.78, 5) is 4.42. The lowest BCUT2D eigenvalue weighted by Crippen LogP contribution is -2.10. The van der Waals surface area contributed by atoms with E-state index >= 15 is 0 Å². The van der Waals surface area contributed by atoms with E-state index in [4.69, 9.17) is 14.9 Å². The molecule has 2 aromatic rings. The van der Waals surface area contributed by atoms with Crippen LogP contribution in [0.5, 0.6) is 5.88 Å². The fraction of sp³-hybridized carbons (Fsp3) is 0.438. The van der Waals surface area contributed by atoms with Gasteiger partial charge >= 0.3 is 0 Å². The zero-order valence-electron chi connectivity index (χ0n) is 13.0. The van der Waals surface area contributed by atoms with Crippen LogP contribution in [0.3, 0.4) is 0 Å². The van der Waals surface area contributed by atoms with E-state index in [1.807, 2.05) is 32.0 Å². The number of nitrogens with one attached hydrogen (secondary N) is 1. The van der Waals surface area contributed by atoms with Gasteiger partial charge in [-0.3, -0.25) is 0 Å². The van der Waals surface area contributed by atoms with Gasteiger partial charge in [0.2, 0.25) is 5.88 Å². The summed E-state index contributed by atoms with van der Waals surface area (Å²) in [6, 6.07) is 7.56. The van der Waals surface area contributed by atoms with Crippen molar-refractivity contribution >= 4 is 11.5 Å². The molecule has 0 saturated heterocycles. The van der Waals surface area contributed by atoms with Crippen molar-refractivity contribution in [2.24, 2.45) is 5.92 Å². The SMILES string of the molecule is Cc1ccc(C(C)Nc2ccc(N)c(OCC(C)C)n2)o1. The van der Waals surface area contributed by atoms with E-state index in [-0.39, 0.29) is 6.04 Å². The van der Waals surface area contributed by atoms with Crippen LogP contribution in [0.2, 0.25) is 0 Å². The van der Waals surface area contributed by atoms with Crippen molar-refractivity contribution in [1.82, 2.24) is 4.98 Å². The highest BCUT2D eigenvalue weighted by Gasteiger charge is 2.12. The van der Waals surface area contributed by atoms with Gasteiger partial charge in [0.1, 0.15) is 17.3 Å². The van der Waals surface area contributed by atoms with Gasteiger partial charge in [0.25, 0.3) is 0 Å². The number of hydrogen-bond acceptors (Lipinski definition) is 5. The van der Waals surface area contributed by atoms with Crippen LogP contribution < -0.4 is 15.8 Å². The second-order valence-corrected chi connectivity index (χ2v) is 5.61. The number of anilines is 2. The average Bonchev–Trinajstić information content (AvgIpc) is 2.86. The number of nitrogen functional groups attached to an aromatic ring is 1. The Hall–Kier alpha value is -2.17. The topological polar surface area (TPSA) is 73.3 Å². The van der Waals surface area contributed by atoms with Crippen LogP contribution in [0, 0.1) is 12.8 Å². The number of pyridine rings is 1. The highest BCUT2D eigenvalue weighted by molar-refractivity contribution is 5.54. The number of nitrogens with two attached hydrogens (primary N) is 1. The van der Waals surface area contributed by atoms with Crippen molar-refractivity contribution in [3.8, 4) is 5.88 Å². The van der Waals surface area contributed by atoms with Crippen molar-refractivity contribution < 1.29 is 9.15 Å². The third-order valence-electron chi connectivity index (χ3n) is 3.00. The molecular formula is C16H23N3O2. The molecule has 0 aromatic carbocycles. The van der Waals surface area contributed by atoms with Gasteiger partial charge in [0.05, 0.1) is 18.3 Å². The second kappa shape index (κ2) is 6.52. The molecule has 0 fully saturated rings. The van der Waals surface area contributed by atoms with Gasteiger partial charge in [-0.25, -0.2) is 0 Å². The van der Waals surface area contributed by atoms with Crippen molar-refractivity contribution in [1.29, 1.82) is 0 Å². The molecule has 0 radical (unpaired) electrons. The lowest BCUT2D eigenvalue weighted by Gasteiger charge is -2.15. The Morgan fingerprint density at radius 2 is 2.00 bits per heavy atom. The fourth-order valence-electron chi connectivity index (χ4n) is 1.87. The number of nitrogens with zero attached hydrogens (tertiary/aromatic N) is 1. The molecule has 0 aliphatic heterocycles. The third kappa shape index (κ3) is 4.15. The Balaban J connectivity index is 2.07. The van der Waals surface area contributed by atoms with E-state index in [9.17, 15) is 0 Å². The molecule has 2 rings (SSSR count). The van der Waals surface area contributed by atoms with Gasteiger partial charge in [-0.2, -0.15) is 4.98 Å². The molecule has 0 bridgehead atoms. The summed E-state index contributed by atoms with van der Waals surface area (Å²) in [7, 11) is 0. The van der Waals surface area contributed by atoms with Crippen molar-refractivity contribution in [2.75, 3.05) is 17.7 Å². The quantitative estimate of drug-likeness (QED) is 0.846. The molecule has 0 aliphatic rings. The van der Waals surface area contributed by atoms with Crippen molar-refractivity contribution in [3.63, 3.8) is 0 Å². The molecule has 3 N–H and O–H groups in total. The first-order chi connectivity index (χ1) is 9.95. The lowest BCUT2D eigenvalue weighted by molar-refractivity contribution is 0.263. The summed E-state index contributed by atoms with van der Waals surface area (Å²) in [6.07, 6.45) is 0. The third-order valence-corrected chi connectivity index (χ3v) is 3.00. The molecule has 1 unspecified atom stereocenters. The molecule has 2 heterocycles. The van der Waals surface area contributed by atoms with Gasteiger partial charge in [0.15, 0.2) is 0 Å². The summed E-state index contributed by atoms with van der Waals surface area (Å²) in [5.41, 5.74) is 6.43. The maximum absolute atomic E-state index is 5.89. The Bertz CT molecular complexity index is 593. The zero-order valence-corrected chi connectivity index (χ0v) is 13.0. The maximum atomic E-state index is 5.89. The number of rotatable bonds is 6. The molecule has 0 aliphatic carbocycles. The largest absolute Gasteiger partial charge is 0.476 e. The van der Waals surface area contributed by atoms with Crippen LogP contribution in [-0.4, -0.2) is 11.6 Å². The summed E-state index contributed by atoms with van der Waals surface area (Å²) in [5, 5.41) is 3.29. The van der Waals surface area contributed by atoms with E-state index < -0.39 is 0 Å². The standard InChI is InChI=1S/C16H23N3O2/c1-10(2)9-20-16-13(17)6-8-15(19-16)18-12(4)14-7-5-11(3)21-14/h5-8,10,12H,9,17H2,1-4H3,(H,18,19). The number of ether oxygens (including phenoxy) is 1. The van der Waals surface area contributed by atoms with E-state index in [0.29, 0.717) is 29.9 Å². The average molecular weight is 289 g/mol. The lowest BCUT2D eigenvalue weighted by atomic mass is 10.2. The minimum atomic E-state index is 0.0211. The summed E-state index contributed by atoms with van der Waals surface area (Å²) in [6.45, 7) is 8.70. The first-order valence-corrected chi connectivity index (χ1v) is 7.18. The summed E-state index contributed by atoms with van der Waals surface area (Å²) in [5.74, 6) is 3.37. The molecule has 21 heavy (non-hydrogen) atoms. The molecular weight excluding hydrogens is 266 g/mol. The van der Waals surface area contributed by atoms with E-state index in [2.05, 4.69) is 24.1 Å². The molecule has 114 valence electrons. The molecule has 0 saturated carbocycles. The Labute approximate surface area is 125 Å². The monoisotopic (exact) mass is 289 g/mol. The van der Waals surface area contributed by atoms with Crippen LogP contribution in [0.1, 0.15) is 38.3 Å². The number of aromatic nitrogens is 1. The molecule has 0 spiro atoms. The predicted molar refractivity (Wildman–Crippen MR) is 84.5 cm³/mol. The van der Waals surface area contributed by atoms with Crippen LogP contribution >= 0.6 is 0 Å². The van der Waals surface area contributed by atoms with E-state index in [1.54, 1.807) is 6.07 Å². The van der Waals surface area contributed by atoms with Crippen LogP contribution in [0.4, 0.5) is 11.5 Å². The van der Waals surface area contributed by atoms with E-state index in [0.717, 1.165) is 11.5 Å². The Kier molecular flexibility index (Phi) is 4.73. The van der Waals surface area contributed by atoms with Gasteiger partial charge in [-0.15, -0.1) is 0 Å². The molecule has 0 amide bonds. The maximum Gasteiger partial charge on any atom is 0.239 e. The summed E-state index contributed by atoms with van der Waals surface area (Å²) < 4.78 is 11.2. The molecule has 5 nitrogen and oxygen atoms in total. The highest BCUT2D eigenvalue weighted by atomic mass is 16.5. The second-order valence-electron chi connectivity index (χ2n) is 5.61. The molecule has 5 heteroatoms. The van der Waals surface area contributed by atoms with Crippen LogP contribution in [-0.2, 0) is 0 Å². The molecule has 1 atom stereocenters. The zero-order chi connectivity index (χ0) is 15.4. The molecule has 2 aromatic heterocycles. The first-order valence-electron chi connectivity index (χ1n) is 7.18. The van der Waals surface area contributed by atoms with Crippen LogP contribution in [0.25, 0.3) is 0 Å². The van der Waals surface area contributed by atoms with Crippen molar-refractivity contribution in [2.45, 2.75) is 33.7 Å². The first kappa shape index (κ1) is 15.2. The fourth-order valence-corrected chi connectivity index (χ4v) is 1.87. The highest BCUT2D eigenvalue weighted by Crippen LogP contribution is 2.25. The van der Waals surface area contributed by atoms with Gasteiger partial charge in [-0.05, 0) is 44.0 Å². The Morgan fingerprint density at radius 1 is 1.24 bits per heavy atom. The minimum absolute atomic E-state index is 0.0211. The number of aryl methyl sites for hydroxylation is 1. The Morgan fingerprint density at radius 3 is 2.62 bits per heavy atom. The van der Waals surface area contributed by atoms with E-state index in [1.165, 1.54) is 0 Å². The number of furan rings is 1.